The molecule has 1 amide bonds. The molecule has 13 heavy (non-hydrogen) atoms. The van der Waals surface area contributed by atoms with Gasteiger partial charge in [-0.1, -0.05) is 0 Å². The van der Waals surface area contributed by atoms with E-state index in [1.54, 1.807) is 36.1 Å². The maximum atomic E-state index is 11.5. The average Bonchev–Trinajstić information content (AvgIpc) is 2.49. The second-order valence-electron chi connectivity index (χ2n) is 2.72. The molecule has 0 bridgehead atoms. The predicted molar refractivity (Wildman–Crippen MR) is 53.1 cm³/mol. The van der Waals surface area contributed by atoms with Crippen LogP contribution in [0.3, 0.4) is 0 Å². The highest BCUT2D eigenvalue weighted by Gasteiger charge is 2.10. The van der Waals surface area contributed by atoms with Crippen LogP contribution in [0, 0.1) is 0 Å². The molecule has 0 radical (unpaired) electrons. The highest BCUT2D eigenvalue weighted by Crippen LogP contribution is 2.00. The molecule has 0 saturated heterocycles. The average molecular weight is 204 g/mol. The first kappa shape index (κ1) is 12.0. The smallest absolute Gasteiger partial charge is 0.256 e. The molecule has 0 aromatic carbocycles. The van der Waals surface area contributed by atoms with Crippen molar-refractivity contribution in [2.75, 3.05) is 13.6 Å². The molecule has 1 heterocycles. The van der Waals surface area contributed by atoms with Gasteiger partial charge in [-0.25, -0.2) is 0 Å². The van der Waals surface area contributed by atoms with Crippen LogP contribution in [-0.4, -0.2) is 34.2 Å². The van der Waals surface area contributed by atoms with Crippen molar-refractivity contribution in [3.8, 4) is 0 Å². The van der Waals surface area contributed by atoms with E-state index in [1.807, 2.05) is 6.92 Å². The van der Waals surface area contributed by atoms with Crippen LogP contribution >= 0.6 is 12.4 Å². The number of amides is 1. The van der Waals surface area contributed by atoms with Crippen LogP contribution in [0.4, 0.5) is 0 Å². The Morgan fingerprint density at radius 2 is 2.31 bits per heavy atom. The summed E-state index contributed by atoms with van der Waals surface area (Å²) < 4.78 is 1.62. The van der Waals surface area contributed by atoms with E-state index in [-0.39, 0.29) is 18.3 Å². The van der Waals surface area contributed by atoms with Gasteiger partial charge in [0.15, 0.2) is 0 Å². The third-order valence-electron chi connectivity index (χ3n) is 1.77. The van der Waals surface area contributed by atoms with Crippen molar-refractivity contribution in [3.63, 3.8) is 0 Å². The Morgan fingerprint density at radius 1 is 1.69 bits per heavy atom. The topological polar surface area (TPSA) is 38.1 Å². The lowest BCUT2D eigenvalue weighted by Crippen LogP contribution is -2.25. The Labute approximate surface area is 83.9 Å². The van der Waals surface area contributed by atoms with Gasteiger partial charge in [-0.05, 0) is 6.92 Å². The van der Waals surface area contributed by atoms with Gasteiger partial charge >= 0.3 is 0 Å². The predicted octanol–water partition coefficient (Wildman–Crippen LogP) is 0.934. The van der Waals surface area contributed by atoms with E-state index < -0.39 is 0 Å². The van der Waals surface area contributed by atoms with Gasteiger partial charge in [0.05, 0.1) is 11.8 Å². The summed E-state index contributed by atoms with van der Waals surface area (Å²) in [5.74, 6) is 0.0191. The normalized spacial score (nSPS) is 9.15. The Hall–Kier alpha value is -1.03. The fraction of sp³-hybridized carbons (Fsp3) is 0.500. The van der Waals surface area contributed by atoms with Gasteiger partial charge in [-0.3, -0.25) is 9.48 Å². The van der Waals surface area contributed by atoms with Crippen molar-refractivity contribution in [2.24, 2.45) is 7.05 Å². The first-order valence-electron chi connectivity index (χ1n) is 3.89. The lowest BCUT2D eigenvalue weighted by Gasteiger charge is -2.12. The summed E-state index contributed by atoms with van der Waals surface area (Å²) in [6.45, 7) is 2.65. The molecule has 0 aliphatic carbocycles. The second kappa shape index (κ2) is 4.87. The van der Waals surface area contributed by atoms with Crippen molar-refractivity contribution in [2.45, 2.75) is 6.92 Å². The first-order chi connectivity index (χ1) is 5.65. The minimum atomic E-state index is 0. The molecule has 0 saturated carbocycles. The van der Waals surface area contributed by atoms with Gasteiger partial charge in [-0.2, -0.15) is 5.10 Å². The minimum Gasteiger partial charge on any atom is -0.342 e. The summed E-state index contributed by atoms with van der Waals surface area (Å²) in [5, 5.41) is 3.92. The van der Waals surface area contributed by atoms with Crippen molar-refractivity contribution in [1.29, 1.82) is 0 Å². The SMILES string of the molecule is CCN(C)C(=O)c1cnn(C)c1.Cl. The fourth-order valence-electron chi connectivity index (χ4n) is 0.896. The summed E-state index contributed by atoms with van der Waals surface area (Å²) in [7, 11) is 3.57. The zero-order chi connectivity index (χ0) is 9.14. The molecule has 74 valence electrons. The Morgan fingerprint density at radius 3 is 2.69 bits per heavy atom. The number of aryl methyl sites for hydroxylation is 1. The molecule has 1 aromatic rings. The lowest BCUT2D eigenvalue weighted by molar-refractivity contribution is 0.0802. The fourth-order valence-corrected chi connectivity index (χ4v) is 0.896. The molecular weight excluding hydrogens is 190 g/mol. The molecular formula is C8H14ClN3O. The molecule has 0 unspecified atom stereocenters. The molecule has 1 rings (SSSR count). The van der Waals surface area contributed by atoms with E-state index in [2.05, 4.69) is 5.10 Å². The summed E-state index contributed by atoms with van der Waals surface area (Å²) in [4.78, 5) is 13.1. The molecule has 0 aliphatic heterocycles. The Balaban J connectivity index is 0.00000144. The number of hydrogen-bond donors (Lipinski definition) is 0. The summed E-state index contributed by atoms with van der Waals surface area (Å²) in [6, 6.07) is 0. The van der Waals surface area contributed by atoms with Crippen LogP contribution in [0.1, 0.15) is 17.3 Å². The van der Waals surface area contributed by atoms with Gasteiger partial charge in [0, 0.05) is 26.8 Å². The van der Waals surface area contributed by atoms with Crippen molar-refractivity contribution in [3.05, 3.63) is 18.0 Å². The third kappa shape index (κ3) is 2.73. The van der Waals surface area contributed by atoms with Crippen LogP contribution in [0.5, 0.6) is 0 Å². The highest BCUT2D eigenvalue weighted by atomic mass is 35.5. The van der Waals surface area contributed by atoms with Crippen LogP contribution in [-0.2, 0) is 7.05 Å². The van der Waals surface area contributed by atoms with E-state index in [1.165, 1.54) is 0 Å². The Bertz CT molecular complexity index is 285. The van der Waals surface area contributed by atoms with Gasteiger partial charge in [0.25, 0.3) is 5.91 Å². The van der Waals surface area contributed by atoms with E-state index in [0.29, 0.717) is 12.1 Å². The van der Waals surface area contributed by atoms with Crippen molar-refractivity contribution < 1.29 is 4.79 Å². The van der Waals surface area contributed by atoms with Crippen LogP contribution < -0.4 is 0 Å². The number of hydrogen-bond acceptors (Lipinski definition) is 2. The minimum absolute atomic E-state index is 0. The molecule has 5 heteroatoms. The number of rotatable bonds is 2. The van der Waals surface area contributed by atoms with E-state index in [9.17, 15) is 4.79 Å². The van der Waals surface area contributed by atoms with Crippen LogP contribution in [0.15, 0.2) is 12.4 Å². The third-order valence-corrected chi connectivity index (χ3v) is 1.77. The quantitative estimate of drug-likeness (QED) is 0.718. The number of halogens is 1. The van der Waals surface area contributed by atoms with Gasteiger partial charge in [0.1, 0.15) is 0 Å². The van der Waals surface area contributed by atoms with E-state index in [0.717, 1.165) is 0 Å². The summed E-state index contributed by atoms with van der Waals surface area (Å²) in [6.07, 6.45) is 3.29. The summed E-state index contributed by atoms with van der Waals surface area (Å²) in [5.41, 5.74) is 0.641. The number of carbonyl (C=O) groups excluding carboxylic acids is 1. The molecule has 0 spiro atoms. The molecule has 0 atom stereocenters. The Kier molecular flexibility index (Phi) is 4.48. The zero-order valence-electron chi connectivity index (χ0n) is 8.02. The summed E-state index contributed by atoms with van der Waals surface area (Å²) >= 11 is 0. The van der Waals surface area contributed by atoms with E-state index in [4.69, 9.17) is 0 Å². The largest absolute Gasteiger partial charge is 0.342 e. The number of nitrogens with zero attached hydrogens (tertiary/aromatic N) is 3. The number of carbonyl (C=O) groups is 1. The number of aromatic nitrogens is 2. The van der Waals surface area contributed by atoms with Gasteiger partial charge in [0.2, 0.25) is 0 Å². The maximum Gasteiger partial charge on any atom is 0.256 e. The molecule has 0 aliphatic rings. The first-order valence-corrected chi connectivity index (χ1v) is 3.89. The molecule has 4 nitrogen and oxygen atoms in total. The van der Waals surface area contributed by atoms with Crippen LogP contribution in [0.25, 0.3) is 0 Å². The van der Waals surface area contributed by atoms with Gasteiger partial charge < -0.3 is 4.90 Å². The van der Waals surface area contributed by atoms with Crippen molar-refractivity contribution >= 4 is 18.3 Å². The maximum absolute atomic E-state index is 11.5. The monoisotopic (exact) mass is 203 g/mol. The standard InChI is InChI=1S/C8H13N3O.ClH/c1-4-10(2)8(12)7-5-9-11(3)6-7;/h5-6H,4H2,1-3H3;1H. The zero-order valence-corrected chi connectivity index (χ0v) is 8.84. The highest BCUT2D eigenvalue weighted by molar-refractivity contribution is 5.93. The molecule has 0 fully saturated rings. The lowest BCUT2D eigenvalue weighted by atomic mass is 10.3. The second-order valence-corrected chi connectivity index (χ2v) is 2.72. The van der Waals surface area contributed by atoms with Gasteiger partial charge in [-0.15, -0.1) is 12.4 Å². The van der Waals surface area contributed by atoms with Crippen molar-refractivity contribution in [1.82, 2.24) is 14.7 Å². The van der Waals surface area contributed by atoms with E-state index >= 15 is 0 Å². The molecule has 1 aromatic heterocycles. The molecule has 0 N–H and O–H groups in total. The van der Waals surface area contributed by atoms with Crippen LogP contribution in [0.2, 0.25) is 0 Å².